The third kappa shape index (κ3) is 3.90. The van der Waals surface area contributed by atoms with Crippen LogP contribution in [0.2, 0.25) is 0 Å². The summed E-state index contributed by atoms with van der Waals surface area (Å²) in [5, 5.41) is 2.78. The van der Waals surface area contributed by atoms with Gasteiger partial charge in [-0.15, -0.1) is 0 Å². The Morgan fingerprint density at radius 1 is 1.42 bits per heavy atom. The van der Waals surface area contributed by atoms with Gasteiger partial charge in [0, 0.05) is 37.9 Å². The van der Waals surface area contributed by atoms with E-state index < -0.39 is 11.6 Å². The largest absolute Gasteiger partial charge is 0.348 e. The van der Waals surface area contributed by atoms with Gasteiger partial charge in [-0.25, -0.2) is 18.6 Å². The molecule has 128 valence electrons. The molecule has 1 aromatic carbocycles. The summed E-state index contributed by atoms with van der Waals surface area (Å²) >= 11 is 0. The number of imidazole rings is 1. The number of hydrogen-bond acceptors (Lipinski definition) is 2. The summed E-state index contributed by atoms with van der Waals surface area (Å²) in [5.74, 6) is 0.172. The molecule has 0 unspecified atom stereocenters. The van der Waals surface area contributed by atoms with E-state index in [1.54, 1.807) is 17.3 Å². The highest BCUT2D eigenvalue weighted by molar-refractivity contribution is 5.74. The summed E-state index contributed by atoms with van der Waals surface area (Å²) in [6.45, 7) is 1.56. The van der Waals surface area contributed by atoms with Gasteiger partial charge in [0.25, 0.3) is 0 Å². The second-order valence-electron chi connectivity index (χ2n) is 5.98. The third-order valence-corrected chi connectivity index (χ3v) is 4.29. The Labute approximate surface area is 139 Å². The molecule has 2 N–H and O–H groups in total. The molecule has 24 heavy (non-hydrogen) atoms. The normalized spacial score (nSPS) is 17.8. The lowest BCUT2D eigenvalue weighted by molar-refractivity contribution is 0.178. The predicted octanol–water partition coefficient (Wildman–Crippen LogP) is 2.82. The summed E-state index contributed by atoms with van der Waals surface area (Å²) in [6, 6.07) is 3.17. The zero-order chi connectivity index (χ0) is 16.9. The number of benzene rings is 1. The minimum atomic E-state index is -0.477. The molecule has 1 aliphatic heterocycles. The van der Waals surface area contributed by atoms with Gasteiger partial charge >= 0.3 is 6.03 Å². The van der Waals surface area contributed by atoms with E-state index in [0.29, 0.717) is 13.1 Å². The van der Waals surface area contributed by atoms with Crippen molar-refractivity contribution < 1.29 is 13.6 Å². The average Bonchev–Trinajstić information content (AvgIpc) is 3.12. The standard InChI is InChI=1S/C17H20F2N4O/c18-14-3-4-15(19)12(10-14)5-6-22-17(24)23-9-1-2-13(11-23)16-20-7-8-21-16/h3-4,7-8,10,13H,1-2,5-6,9,11H2,(H,20,21)(H,22,24)/t13-/m0/s1. The maximum atomic E-state index is 13.6. The molecule has 5 nitrogen and oxygen atoms in total. The highest BCUT2D eigenvalue weighted by Gasteiger charge is 2.25. The summed E-state index contributed by atoms with van der Waals surface area (Å²) in [7, 11) is 0. The number of hydrogen-bond donors (Lipinski definition) is 2. The van der Waals surface area contributed by atoms with Gasteiger partial charge in [0.05, 0.1) is 0 Å². The highest BCUT2D eigenvalue weighted by atomic mass is 19.1. The van der Waals surface area contributed by atoms with Crippen LogP contribution in [-0.2, 0) is 6.42 Å². The summed E-state index contributed by atoms with van der Waals surface area (Å²) in [4.78, 5) is 21.4. The van der Waals surface area contributed by atoms with Crippen molar-refractivity contribution in [2.75, 3.05) is 19.6 Å². The van der Waals surface area contributed by atoms with Gasteiger partial charge in [-0.2, -0.15) is 0 Å². The molecule has 0 saturated carbocycles. The minimum absolute atomic E-state index is 0.178. The lowest BCUT2D eigenvalue weighted by Crippen LogP contribution is -2.45. The van der Waals surface area contributed by atoms with E-state index >= 15 is 0 Å². The second-order valence-corrected chi connectivity index (χ2v) is 5.98. The SMILES string of the molecule is O=C(NCCc1cc(F)ccc1F)N1CCC[C@H](c2ncc[nH]2)C1. The number of carbonyl (C=O) groups is 1. The maximum absolute atomic E-state index is 13.6. The van der Waals surface area contributed by atoms with Crippen LogP contribution in [0.5, 0.6) is 0 Å². The molecule has 2 aromatic rings. The van der Waals surface area contributed by atoms with E-state index in [1.165, 1.54) is 0 Å². The molecule has 1 saturated heterocycles. The van der Waals surface area contributed by atoms with E-state index in [1.807, 2.05) is 0 Å². The zero-order valence-corrected chi connectivity index (χ0v) is 13.3. The summed E-state index contributed by atoms with van der Waals surface area (Å²) in [6.07, 6.45) is 5.65. The van der Waals surface area contributed by atoms with Crippen LogP contribution >= 0.6 is 0 Å². The van der Waals surface area contributed by atoms with Gasteiger partial charge in [0.15, 0.2) is 0 Å². The molecule has 1 fully saturated rings. The molecule has 0 spiro atoms. The number of halogens is 2. The number of carbonyl (C=O) groups excluding carboxylic acids is 1. The number of likely N-dealkylation sites (tertiary alicyclic amines) is 1. The highest BCUT2D eigenvalue weighted by Crippen LogP contribution is 2.24. The van der Waals surface area contributed by atoms with Crippen LogP contribution in [0.1, 0.15) is 30.1 Å². The smallest absolute Gasteiger partial charge is 0.317 e. The number of aromatic nitrogens is 2. The lowest BCUT2D eigenvalue weighted by atomic mass is 9.98. The molecule has 2 heterocycles. The number of nitrogens with zero attached hydrogens (tertiary/aromatic N) is 2. The van der Waals surface area contributed by atoms with E-state index in [4.69, 9.17) is 0 Å². The molecule has 2 amide bonds. The predicted molar refractivity (Wildman–Crippen MR) is 85.6 cm³/mol. The Bertz CT molecular complexity index is 690. The molecule has 0 radical (unpaired) electrons. The van der Waals surface area contributed by atoms with Gasteiger partial charge in [-0.1, -0.05) is 0 Å². The quantitative estimate of drug-likeness (QED) is 0.903. The second kappa shape index (κ2) is 7.42. The maximum Gasteiger partial charge on any atom is 0.317 e. The number of urea groups is 1. The fraction of sp³-hybridized carbons (Fsp3) is 0.412. The first-order chi connectivity index (χ1) is 11.6. The Hall–Kier alpha value is -2.44. The fourth-order valence-corrected chi connectivity index (χ4v) is 3.04. The molecule has 1 aliphatic rings. The van der Waals surface area contributed by atoms with Crippen LogP contribution in [0, 0.1) is 11.6 Å². The molecule has 3 rings (SSSR count). The molecule has 0 aliphatic carbocycles. The van der Waals surface area contributed by atoms with E-state index in [-0.39, 0.29) is 30.5 Å². The number of piperidine rings is 1. The van der Waals surface area contributed by atoms with Crippen LogP contribution in [0.4, 0.5) is 13.6 Å². The van der Waals surface area contributed by atoms with Crippen molar-refractivity contribution in [3.63, 3.8) is 0 Å². The fourth-order valence-electron chi connectivity index (χ4n) is 3.04. The van der Waals surface area contributed by atoms with E-state index in [0.717, 1.165) is 36.9 Å². The molecule has 7 heteroatoms. The third-order valence-electron chi connectivity index (χ3n) is 4.29. The summed E-state index contributed by atoms with van der Waals surface area (Å²) in [5.41, 5.74) is 0.266. The average molecular weight is 334 g/mol. The van der Waals surface area contributed by atoms with Crippen LogP contribution in [0.3, 0.4) is 0 Å². The van der Waals surface area contributed by atoms with Crippen molar-refractivity contribution in [3.8, 4) is 0 Å². The zero-order valence-electron chi connectivity index (χ0n) is 13.3. The van der Waals surface area contributed by atoms with Crippen molar-refractivity contribution in [2.24, 2.45) is 0 Å². The summed E-state index contributed by atoms with van der Waals surface area (Å²) < 4.78 is 26.7. The molecular weight excluding hydrogens is 314 g/mol. The van der Waals surface area contributed by atoms with Crippen molar-refractivity contribution in [1.29, 1.82) is 0 Å². The number of amides is 2. The molecule has 1 atom stereocenters. The molecule has 1 aromatic heterocycles. The van der Waals surface area contributed by atoms with Crippen LogP contribution in [-0.4, -0.2) is 40.5 Å². The number of H-pyrrole nitrogens is 1. The van der Waals surface area contributed by atoms with Crippen LogP contribution in [0.25, 0.3) is 0 Å². The number of rotatable bonds is 4. The monoisotopic (exact) mass is 334 g/mol. The van der Waals surface area contributed by atoms with Gasteiger partial charge in [-0.05, 0) is 43.0 Å². The Morgan fingerprint density at radius 2 is 2.29 bits per heavy atom. The van der Waals surface area contributed by atoms with Gasteiger partial charge in [0.1, 0.15) is 17.5 Å². The van der Waals surface area contributed by atoms with Crippen molar-refractivity contribution >= 4 is 6.03 Å². The van der Waals surface area contributed by atoms with Gasteiger partial charge in [0.2, 0.25) is 0 Å². The van der Waals surface area contributed by atoms with Crippen molar-refractivity contribution in [2.45, 2.75) is 25.2 Å². The number of nitrogens with one attached hydrogen (secondary N) is 2. The topological polar surface area (TPSA) is 61.0 Å². The van der Waals surface area contributed by atoms with Gasteiger partial charge < -0.3 is 15.2 Å². The lowest BCUT2D eigenvalue weighted by Gasteiger charge is -2.31. The van der Waals surface area contributed by atoms with Crippen LogP contribution in [0.15, 0.2) is 30.6 Å². The number of aromatic amines is 1. The van der Waals surface area contributed by atoms with Crippen molar-refractivity contribution in [3.05, 3.63) is 53.6 Å². The molecular formula is C17H20F2N4O. The Morgan fingerprint density at radius 3 is 3.08 bits per heavy atom. The first-order valence-corrected chi connectivity index (χ1v) is 8.09. The minimum Gasteiger partial charge on any atom is -0.348 e. The molecule has 0 bridgehead atoms. The first-order valence-electron chi connectivity index (χ1n) is 8.09. The van der Waals surface area contributed by atoms with Crippen molar-refractivity contribution in [1.82, 2.24) is 20.2 Å². The van der Waals surface area contributed by atoms with E-state index in [9.17, 15) is 13.6 Å². The Kier molecular flexibility index (Phi) is 5.08. The van der Waals surface area contributed by atoms with Gasteiger partial charge in [-0.3, -0.25) is 0 Å². The first kappa shape index (κ1) is 16.4. The van der Waals surface area contributed by atoms with Crippen LogP contribution < -0.4 is 5.32 Å². The van der Waals surface area contributed by atoms with E-state index in [2.05, 4.69) is 15.3 Å². The Balaban J connectivity index is 1.50.